The van der Waals surface area contributed by atoms with E-state index in [1.807, 2.05) is 5.32 Å². The summed E-state index contributed by atoms with van der Waals surface area (Å²) in [6.45, 7) is 3.39. The highest BCUT2D eigenvalue weighted by Gasteiger charge is 2.60. The van der Waals surface area contributed by atoms with Gasteiger partial charge in [-0.1, -0.05) is 13.8 Å². The fourth-order valence-electron chi connectivity index (χ4n) is 7.25. The van der Waals surface area contributed by atoms with Crippen molar-refractivity contribution in [2.24, 2.45) is 29.1 Å². The molecule has 1 unspecified atom stereocenters. The summed E-state index contributed by atoms with van der Waals surface area (Å²) in [6, 6.07) is 0. The van der Waals surface area contributed by atoms with E-state index in [2.05, 4.69) is 4.18 Å². The molecule has 1 amide bonds. The Bertz CT molecular complexity index is 912. The third-order valence-corrected chi connectivity index (χ3v) is 9.51. The molecule has 5 aliphatic rings. The maximum atomic E-state index is 14.8. The Labute approximate surface area is 214 Å². The van der Waals surface area contributed by atoms with E-state index < -0.39 is 45.8 Å². The third kappa shape index (κ3) is 6.24. The van der Waals surface area contributed by atoms with E-state index in [0.29, 0.717) is 24.2 Å². The number of halogens is 5. The maximum Gasteiger partial charge on any atom is 0.446 e. The lowest BCUT2D eigenvalue weighted by atomic mass is 9.49. The lowest BCUT2D eigenvalue weighted by molar-refractivity contribution is -0.302. The summed E-state index contributed by atoms with van der Waals surface area (Å²) in [5.74, 6) is -2.84. The van der Waals surface area contributed by atoms with Gasteiger partial charge in [0.05, 0.1) is 13.2 Å². The molecule has 4 saturated carbocycles. The van der Waals surface area contributed by atoms with Crippen molar-refractivity contribution in [1.82, 2.24) is 5.32 Å². The van der Waals surface area contributed by atoms with Crippen LogP contribution in [0.2, 0.25) is 0 Å². The SMILES string of the molecule is CC(C)CC1(CC(OS(=O)(=O)C(F)(F)C(=O)NCC23CC4CC(CC(C4)C2)C3)C(F)(F)F)OCCCO1. The first kappa shape index (κ1) is 28.9. The molecule has 1 heterocycles. The van der Waals surface area contributed by atoms with Gasteiger partial charge in [-0.25, -0.2) is 0 Å². The second kappa shape index (κ2) is 10.2. The number of amides is 1. The Hall–Kier alpha value is -1.05. The lowest BCUT2D eigenvalue weighted by Gasteiger charge is -2.56. The molecule has 214 valence electrons. The first-order chi connectivity index (χ1) is 17.0. The molecule has 0 aromatic carbocycles. The Morgan fingerprint density at radius 1 is 0.973 bits per heavy atom. The van der Waals surface area contributed by atoms with E-state index in [-0.39, 0.29) is 37.5 Å². The number of ether oxygens (including phenoxy) is 2. The highest BCUT2D eigenvalue weighted by molar-refractivity contribution is 7.88. The monoisotopic (exact) mass is 561 g/mol. The number of nitrogens with one attached hydrogen (secondary N) is 1. The minimum atomic E-state index is -6.30. The van der Waals surface area contributed by atoms with Gasteiger partial charge in [-0.3, -0.25) is 8.98 Å². The first-order valence-corrected chi connectivity index (χ1v) is 14.4. The largest absolute Gasteiger partial charge is 0.446 e. The molecule has 0 aromatic heterocycles. The van der Waals surface area contributed by atoms with Gasteiger partial charge >= 0.3 is 27.5 Å². The average Bonchev–Trinajstić information content (AvgIpc) is 2.75. The summed E-state index contributed by atoms with van der Waals surface area (Å²) in [7, 11) is -6.30. The van der Waals surface area contributed by atoms with Gasteiger partial charge in [-0.2, -0.15) is 30.4 Å². The summed E-state index contributed by atoms with van der Waals surface area (Å²) in [5.41, 5.74) is -0.376. The van der Waals surface area contributed by atoms with Gasteiger partial charge < -0.3 is 14.8 Å². The molecule has 1 aliphatic heterocycles. The van der Waals surface area contributed by atoms with Crippen LogP contribution in [0.15, 0.2) is 0 Å². The van der Waals surface area contributed by atoms with Crippen molar-refractivity contribution >= 4 is 16.0 Å². The molecule has 5 fully saturated rings. The van der Waals surface area contributed by atoms with Crippen molar-refractivity contribution in [2.75, 3.05) is 19.8 Å². The molecule has 4 aliphatic carbocycles. The van der Waals surface area contributed by atoms with E-state index >= 15 is 0 Å². The van der Waals surface area contributed by atoms with Crippen LogP contribution < -0.4 is 5.32 Å². The lowest BCUT2D eigenvalue weighted by Crippen LogP contribution is -2.55. The van der Waals surface area contributed by atoms with Crippen LogP contribution in [0.5, 0.6) is 0 Å². The van der Waals surface area contributed by atoms with Crippen molar-refractivity contribution in [3.05, 3.63) is 0 Å². The summed E-state index contributed by atoms with van der Waals surface area (Å²) in [4.78, 5) is 12.4. The van der Waals surface area contributed by atoms with E-state index in [0.717, 1.165) is 38.5 Å². The van der Waals surface area contributed by atoms with Crippen LogP contribution in [0.4, 0.5) is 22.0 Å². The molecule has 1 N–H and O–H groups in total. The average molecular weight is 562 g/mol. The van der Waals surface area contributed by atoms with Crippen molar-refractivity contribution in [3.8, 4) is 0 Å². The molecule has 0 radical (unpaired) electrons. The van der Waals surface area contributed by atoms with Crippen molar-refractivity contribution in [3.63, 3.8) is 0 Å². The predicted octanol–water partition coefficient (Wildman–Crippen LogP) is 4.76. The van der Waals surface area contributed by atoms with E-state index in [4.69, 9.17) is 9.47 Å². The van der Waals surface area contributed by atoms with E-state index in [9.17, 15) is 35.2 Å². The summed E-state index contributed by atoms with van der Waals surface area (Å²) >= 11 is 0. The second-order valence-electron chi connectivity index (χ2n) is 12.0. The number of carbonyl (C=O) groups is 1. The Kier molecular flexibility index (Phi) is 7.95. The van der Waals surface area contributed by atoms with Crippen LogP contribution in [0.25, 0.3) is 0 Å². The smallest absolute Gasteiger partial charge is 0.350 e. The highest BCUT2D eigenvalue weighted by atomic mass is 32.2. The zero-order valence-electron chi connectivity index (χ0n) is 21.1. The first-order valence-electron chi connectivity index (χ1n) is 13.0. The Morgan fingerprint density at radius 2 is 1.49 bits per heavy atom. The standard InChI is InChI=1S/C24H36F5NO6S/c1-15(2)9-22(34-4-3-5-35-22)13-19(23(25,26)27)36-37(32,33)24(28,29)20(31)30-14-21-10-16-6-17(11-21)8-18(7-16)12-21/h15-19H,3-14H2,1-2H3,(H,30,31). The molecule has 1 saturated heterocycles. The summed E-state index contributed by atoms with van der Waals surface area (Å²) in [5, 5.41) is -3.18. The minimum absolute atomic E-state index is 0.0368. The molecule has 0 spiro atoms. The topological polar surface area (TPSA) is 90.9 Å². The van der Waals surface area contributed by atoms with E-state index in [1.165, 1.54) is 0 Å². The molecule has 4 bridgehead atoms. The summed E-state index contributed by atoms with van der Waals surface area (Å²) in [6.07, 6.45) is -3.78. The molecule has 13 heteroatoms. The van der Waals surface area contributed by atoms with Crippen LogP contribution in [-0.2, 0) is 28.6 Å². The van der Waals surface area contributed by atoms with Crippen LogP contribution >= 0.6 is 0 Å². The van der Waals surface area contributed by atoms with Gasteiger partial charge in [0.25, 0.3) is 0 Å². The van der Waals surface area contributed by atoms with Gasteiger partial charge in [-0.05, 0) is 74.0 Å². The summed E-state index contributed by atoms with van der Waals surface area (Å²) < 4.78 is 111. The number of rotatable bonds is 10. The second-order valence-corrected chi connectivity index (χ2v) is 13.6. The van der Waals surface area contributed by atoms with E-state index in [1.54, 1.807) is 13.8 Å². The number of carbonyl (C=O) groups excluding carboxylic acids is 1. The van der Waals surface area contributed by atoms with Crippen LogP contribution in [0.3, 0.4) is 0 Å². The highest BCUT2D eigenvalue weighted by Crippen LogP contribution is 2.59. The number of alkyl halides is 5. The third-order valence-electron chi connectivity index (χ3n) is 8.21. The molecule has 37 heavy (non-hydrogen) atoms. The predicted molar refractivity (Wildman–Crippen MR) is 122 cm³/mol. The van der Waals surface area contributed by atoms with Crippen molar-refractivity contribution in [1.29, 1.82) is 0 Å². The number of hydrogen-bond acceptors (Lipinski definition) is 6. The van der Waals surface area contributed by atoms with Gasteiger partial charge in [-0.15, -0.1) is 0 Å². The molecule has 1 atom stereocenters. The van der Waals surface area contributed by atoms with Crippen molar-refractivity contribution < 1.29 is 48.8 Å². The minimum Gasteiger partial charge on any atom is -0.350 e. The van der Waals surface area contributed by atoms with Gasteiger partial charge in [0.15, 0.2) is 11.9 Å². The maximum absolute atomic E-state index is 14.8. The zero-order valence-corrected chi connectivity index (χ0v) is 21.9. The molecule has 0 aromatic rings. The normalized spacial score (nSPS) is 32.5. The Balaban J connectivity index is 1.45. The fraction of sp³-hybridized carbons (Fsp3) is 0.958. The zero-order chi connectivity index (χ0) is 27.3. The van der Waals surface area contributed by atoms with Gasteiger partial charge in [0.2, 0.25) is 0 Å². The van der Waals surface area contributed by atoms with Crippen LogP contribution in [-0.4, -0.2) is 57.4 Å². The molecular formula is C24H36F5NO6S. The molecule has 5 rings (SSSR count). The van der Waals surface area contributed by atoms with Crippen LogP contribution in [0, 0.1) is 29.1 Å². The fourth-order valence-corrected chi connectivity index (χ4v) is 8.15. The number of hydrogen-bond donors (Lipinski definition) is 1. The molecule has 7 nitrogen and oxygen atoms in total. The molecular weight excluding hydrogens is 525 g/mol. The quantitative estimate of drug-likeness (QED) is 0.306. The van der Waals surface area contributed by atoms with Gasteiger partial charge in [0, 0.05) is 19.4 Å². The van der Waals surface area contributed by atoms with Gasteiger partial charge in [0.1, 0.15) is 0 Å². The Morgan fingerprint density at radius 3 is 1.95 bits per heavy atom. The van der Waals surface area contributed by atoms with Crippen molar-refractivity contribution in [2.45, 2.75) is 95.0 Å². The van der Waals surface area contributed by atoms with Crippen LogP contribution in [0.1, 0.15) is 71.6 Å².